The topological polar surface area (TPSA) is 13.1 Å². The number of rotatable bonds is 2. The van der Waals surface area contributed by atoms with E-state index in [0.29, 0.717) is 0 Å². The first-order chi connectivity index (χ1) is 14.8. The number of fused-ring (bicyclic) bond motifs is 5. The normalized spacial score (nSPS) is 11.5. The van der Waals surface area contributed by atoms with Gasteiger partial charge in [-0.25, -0.2) is 0 Å². The summed E-state index contributed by atoms with van der Waals surface area (Å²) >= 11 is 3.50. The van der Waals surface area contributed by atoms with Crippen LogP contribution in [-0.2, 0) is 0 Å². The molecule has 0 unspecified atom stereocenters. The Morgan fingerprint density at radius 1 is 0.533 bits per heavy atom. The van der Waals surface area contributed by atoms with Crippen molar-refractivity contribution in [3.05, 3.63) is 108 Å². The molecule has 0 radical (unpaired) electrons. The average molecular weight is 449 g/mol. The molecular weight excluding hydrogens is 432 g/mol. The van der Waals surface area contributed by atoms with Gasteiger partial charge < -0.3 is 4.42 Å². The summed E-state index contributed by atoms with van der Waals surface area (Å²) < 4.78 is 7.46. The highest BCUT2D eigenvalue weighted by Gasteiger charge is 2.14. The molecule has 0 spiro atoms. The van der Waals surface area contributed by atoms with Gasteiger partial charge in [0.1, 0.15) is 11.2 Å². The van der Waals surface area contributed by atoms with E-state index in [-0.39, 0.29) is 0 Å². The maximum absolute atomic E-state index is 6.37. The summed E-state index contributed by atoms with van der Waals surface area (Å²) in [5.74, 6) is 0. The molecule has 1 heterocycles. The molecular formula is C28H17BrO. The summed E-state index contributed by atoms with van der Waals surface area (Å²) in [6, 6.07) is 36.2. The first-order valence-corrected chi connectivity index (χ1v) is 10.8. The van der Waals surface area contributed by atoms with Gasteiger partial charge in [0.05, 0.1) is 0 Å². The molecule has 0 aliphatic carbocycles. The minimum absolute atomic E-state index is 0.933. The van der Waals surface area contributed by atoms with E-state index in [9.17, 15) is 0 Å². The SMILES string of the molecule is Brc1ccc(-c2ccc(-c3cccc4c3oc3ccc5ccccc5c34)cc2)cc1. The van der Waals surface area contributed by atoms with E-state index in [1.54, 1.807) is 0 Å². The third-order valence-corrected chi connectivity index (χ3v) is 6.29. The summed E-state index contributed by atoms with van der Waals surface area (Å²) in [5.41, 5.74) is 6.56. The van der Waals surface area contributed by atoms with Crippen molar-refractivity contribution in [3.63, 3.8) is 0 Å². The summed E-state index contributed by atoms with van der Waals surface area (Å²) in [4.78, 5) is 0. The zero-order valence-electron chi connectivity index (χ0n) is 16.1. The Kier molecular flexibility index (Phi) is 4.00. The molecule has 142 valence electrons. The Morgan fingerprint density at radius 3 is 2.00 bits per heavy atom. The van der Waals surface area contributed by atoms with Gasteiger partial charge in [-0.3, -0.25) is 0 Å². The monoisotopic (exact) mass is 448 g/mol. The highest BCUT2D eigenvalue weighted by Crippen LogP contribution is 2.39. The van der Waals surface area contributed by atoms with Gasteiger partial charge in [-0.2, -0.15) is 0 Å². The number of hydrogen-bond acceptors (Lipinski definition) is 1. The third kappa shape index (κ3) is 2.76. The number of furan rings is 1. The van der Waals surface area contributed by atoms with Crippen LogP contribution >= 0.6 is 15.9 Å². The van der Waals surface area contributed by atoms with Crippen LogP contribution < -0.4 is 0 Å². The molecule has 0 aliphatic rings. The van der Waals surface area contributed by atoms with Crippen molar-refractivity contribution in [2.24, 2.45) is 0 Å². The molecule has 6 aromatic rings. The van der Waals surface area contributed by atoms with Crippen molar-refractivity contribution >= 4 is 48.6 Å². The second-order valence-electron chi connectivity index (χ2n) is 7.53. The molecule has 0 atom stereocenters. The van der Waals surface area contributed by atoms with E-state index in [1.165, 1.54) is 27.3 Å². The minimum atomic E-state index is 0.933. The van der Waals surface area contributed by atoms with Crippen molar-refractivity contribution < 1.29 is 4.42 Å². The number of benzene rings is 5. The molecule has 0 saturated heterocycles. The summed E-state index contributed by atoms with van der Waals surface area (Å²) in [5, 5.41) is 4.82. The van der Waals surface area contributed by atoms with E-state index in [4.69, 9.17) is 4.42 Å². The second kappa shape index (κ2) is 6.86. The molecule has 0 bridgehead atoms. The molecule has 0 aliphatic heterocycles. The van der Waals surface area contributed by atoms with Crippen molar-refractivity contribution in [1.29, 1.82) is 0 Å². The van der Waals surface area contributed by atoms with Crippen molar-refractivity contribution in [3.8, 4) is 22.3 Å². The number of halogens is 1. The fraction of sp³-hybridized carbons (Fsp3) is 0. The van der Waals surface area contributed by atoms with Crippen LogP contribution in [0.1, 0.15) is 0 Å². The lowest BCUT2D eigenvalue weighted by atomic mass is 9.98. The van der Waals surface area contributed by atoms with Gasteiger partial charge in [-0.05, 0) is 45.7 Å². The second-order valence-corrected chi connectivity index (χ2v) is 8.44. The summed E-state index contributed by atoms with van der Waals surface area (Å²) in [7, 11) is 0. The van der Waals surface area contributed by atoms with E-state index in [2.05, 4.69) is 119 Å². The molecule has 0 saturated carbocycles. The van der Waals surface area contributed by atoms with Gasteiger partial charge in [-0.15, -0.1) is 0 Å². The van der Waals surface area contributed by atoms with Crippen LogP contribution in [0.3, 0.4) is 0 Å². The molecule has 0 fully saturated rings. The molecule has 6 rings (SSSR count). The van der Waals surface area contributed by atoms with Crippen molar-refractivity contribution in [2.75, 3.05) is 0 Å². The third-order valence-electron chi connectivity index (χ3n) is 5.76. The van der Waals surface area contributed by atoms with Crippen molar-refractivity contribution in [1.82, 2.24) is 0 Å². The van der Waals surface area contributed by atoms with E-state index < -0.39 is 0 Å². The van der Waals surface area contributed by atoms with Gasteiger partial charge in [0.15, 0.2) is 0 Å². The molecule has 0 amide bonds. The lowest BCUT2D eigenvalue weighted by Crippen LogP contribution is -1.81. The molecule has 5 aromatic carbocycles. The maximum atomic E-state index is 6.37. The highest BCUT2D eigenvalue weighted by atomic mass is 79.9. The molecule has 1 aromatic heterocycles. The quantitative estimate of drug-likeness (QED) is 0.257. The van der Waals surface area contributed by atoms with Gasteiger partial charge in [0, 0.05) is 20.8 Å². The zero-order valence-corrected chi connectivity index (χ0v) is 17.7. The standard InChI is InChI=1S/C28H17BrO/c29-22-15-12-19(13-16-22)18-8-10-21(11-9-18)24-6-3-7-25-27-23-5-2-1-4-20(23)14-17-26(27)30-28(24)25/h1-17H. The van der Waals surface area contributed by atoms with Gasteiger partial charge >= 0.3 is 0 Å². The molecule has 2 heteroatoms. The van der Waals surface area contributed by atoms with Crippen LogP contribution in [-0.4, -0.2) is 0 Å². The molecule has 1 nitrogen and oxygen atoms in total. The minimum Gasteiger partial charge on any atom is -0.455 e. The predicted molar refractivity (Wildman–Crippen MR) is 130 cm³/mol. The Bertz CT molecular complexity index is 1520. The highest BCUT2D eigenvalue weighted by molar-refractivity contribution is 9.10. The molecule has 0 N–H and O–H groups in total. The first kappa shape index (κ1) is 17.5. The van der Waals surface area contributed by atoms with E-state index in [0.717, 1.165) is 32.2 Å². The predicted octanol–water partition coefficient (Wildman–Crippen LogP) is 8.84. The fourth-order valence-corrected chi connectivity index (χ4v) is 4.54. The van der Waals surface area contributed by atoms with Gasteiger partial charge in [0.25, 0.3) is 0 Å². The Morgan fingerprint density at radius 2 is 1.20 bits per heavy atom. The van der Waals surface area contributed by atoms with Crippen LogP contribution in [0.4, 0.5) is 0 Å². The van der Waals surface area contributed by atoms with E-state index >= 15 is 0 Å². The smallest absolute Gasteiger partial charge is 0.143 e. The Balaban J connectivity index is 1.53. The summed E-state index contributed by atoms with van der Waals surface area (Å²) in [6.45, 7) is 0. The van der Waals surface area contributed by atoms with Crippen LogP contribution in [0, 0.1) is 0 Å². The number of hydrogen-bond donors (Lipinski definition) is 0. The van der Waals surface area contributed by atoms with E-state index in [1.807, 2.05) is 0 Å². The first-order valence-electron chi connectivity index (χ1n) is 9.97. The van der Waals surface area contributed by atoms with Crippen LogP contribution in [0.5, 0.6) is 0 Å². The maximum Gasteiger partial charge on any atom is 0.143 e. The largest absolute Gasteiger partial charge is 0.455 e. The van der Waals surface area contributed by atoms with Crippen LogP contribution in [0.15, 0.2) is 112 Å². The van der Waals surface area contributed by atoms with Gasteiger partial charge in [-0.1, -0.05) is 101 Å². The number of para-hydroxylation sites is 1. The Hall–Kier alpha value is -3.36. The summed E-state index contributed by atoms with van der Waals surface area (Å²) in [6.07, 6.45) is 0. The fourth-order valence-electron chi connectivity index (χ4n) is 4.28. The average Bonchev–Trinajstić information content (AvgIpc) is 3.19. The van der Waals surface area contributed by atoms with Gasteiger partial charge in [0.2, 0.25) is 0 Å². The Labute approximate surface area is 182 Å². The van der Waals surface area contributed by atoms with Crippen LogP contribution in [0.2, 0.25) is 0 Å². The lowest BCUT2D eigenvalue weighted by Gasteiger charge is -2.06. The van der Waals surface area contributed by atoms with Crippen molar-refractivity contribution in [2.45, 2.75) is 0 Å². The lowest BCUT2D eigenvalue weighted by molar-refractivity contribution is 0.670. The zero-order chi connectivity index (χ0) is 20.1. The molecule has 30 heavy (non-hydrogen) atoms. The van der Waals surface area contributed by atoms with Crippen LogP contribution in [0.25, 0.3) is 55.0 Å².